The molecule has 6 atom stereocenters. The Hall–Kier alpha value is -2.02. The lowest BCUT2D eigenvalue weighted by molar-refractivity contribution is -0.211. The smallest absolute Gasteiger partial charge is 0.107 e. The average Bonchev–Trinajstić information content (AvgIpc) is 3.03. The fourth-order valence-corrected chi connectivity index (χ4v) is 5.44. The van der Waals surface area contributed by atoms with E-state index in [0.717, 1.165) is 44.3 Å². The molecule has 3 aliphatic heterocycles. The van der Waals surface area contributed by atoms with E-state index in [9.17, 15) is 0 Å². The van der Waals surface area contributed by atoms with E-state index in [2.05, 4.69) is 43.3 Å². The van der Waals surface area contributed by atoms with Gasteiger partial charge in [0.05, 0.1) is 43.7 Å². The molecule has 0 amide bonds. The van der Waals surface area contributed by atoms with Crippen molar-refractivity contribution in [3.63, 3.8) is 0 Å². The van der Waals surface area contributed by atoms with Crippen LogP contribution in [0.3, 0.4) is 0 Å². The van der Waals surface area contributed by atoms with Crippen LogP contribution < -0.4 is 0 Å². The van der Waals surface area contributed by atoms with Gasteiger partial charge in [-0.2, -0.15) is 0 Å². The van der Waals surface area contributed by atoms with Gasteiger partial charge in [-0.05, 0) is 50.2 Å². The highest BCUT2D eigenvalue weighted by Gasteiger charge is 2.44. The molecule has 2 aromatic rings. The Morgan fingerprint density at radius 3 is 2.43 bits per heavy atom. The van der Waals surface area contributed by atoms with Crippen molar-refractivity contribution >= 4 is 0 Å². The second-order valence-corrected chi connectivity index (χ2v) is 10.2. The summed E-state index contributed by atoms with van der Waals surface area (Å²) in [6.07, 6.45) is 8.79. The molecular formula is C30H38O5. The minimum absolute atomic E-state index is 0.00980. The van der Waals surface area contributed by atoms with Gasteiger partial charge in [0, 0.05) is 6.61 Å². The molecule has 0 aliphatic carbocycles. The van der Waals surface area contributed by atoms with Crippen LogP contribution in [0.15, 0.2) is 72.8 Å². The Bertz CT molecular complexity index is 932. The lowest BCUT2D eigenvalue weighted by Crippen LogP contribution is -2.51. The molecule has 0 aromatic heterocycles. The maximum absolute atomic E-state index is 6.80. The van der Waals surface area contributed by atoms with Crippen molar-refractivity contribution in [3.05, 3.63) is 83.9 Å². The Labute approximate surface area is 209 Å². The second-order valence-electron chi connectivity index (χ2n) is 10.2. The molecule has 0 N–H and O–H groups in total. The summed E-state index contributed by atoms with van der Waals surface area (Å²) in [5.74, 6) is 0. The highest BCUT2D eigenvalue weighted by atomic mass is 16.6. The molecule has 5 rings (SSSR count). The third kappa shape index (κ3) is 6.41. The quantitative estimate of drug-likeness (QED) is 0.484. The molecule has 2 fully saturated rings. The van der Waals surface area contributed by atoms with E-state index in [1.54, 1.807) is 0 Å². The first-order valence-electron chi connectivity index (χ1n) is 13.1. The van der Waals surface area contributed by atoms with Gasteiger partial charge in [0.1, 0.15) is 12.2 Å². The van der Waals surface area contributed by atoms with E-state index in [4.69, 9.17) is 23.7 Å². The topological polar surface area (TPSA) is 46.2 Å². The summed E-state index contributed by atoms with van der Waals surface area (Å²) in [4.78, 5) is 0. The number of benzene rings is 2. The average molecular weight is 479 g/mol. The molecule has 3 aliphatic rings. The lowest BCUT2D eigenvalue weighted by atomic mass is 9.88. The summed E-state index contributed by atoms with van der Waals surface area (Å²) in [6, 6.07) is 20.6. The summed E-state index contributed by atoms with van der Waals surface area (Å²) < 4.78 is 32.2. The Balaban J connectivity index is 1.29. The molecular weight excluding hydrogens is 440 g/mol. The zero-order valence-electron chi connectivity index (χ0n) is 20.7. The van der Waals surface area contributed by atoms with Gasteiger partial charge in [0.15, 0.2) is 0 Å². The first kappa shape index (κ1) is 24.7. The van der Waals surface area contributed by atoms with Crippen molar-refractivity contribution in [2.24, 2.45) is 0 Å². The zero-order chi connectivity index (χ0) is 23.9. The van der Waals surface area contributed by atoms with Crippen molar-refractivity contribution < 1.29 is 23.7 Å². The largest absolute Gasteiger partial charge is 0.374 e. The number of hydrogen-bond donors (Lipinski definition) is 0. The fourth-order valence-electron chi connectivity index (χ4n) is 5.44. The van der Waals surface area contributed by atoms with E-state index in [1.165, 1.54) is 5.56 Å². The molecule has 188 valence electrons. The SMILES string of the molecule is C[C@]12CCCO[C@@H]1/C=C\C[C@@H]1O[C@H](COCc3ccccc3)[C@@H](OCc3ccccc3)CC[C@H]1O2. The van der Waals surface area contributed by atoms with E-state index < -0.39 is 0 Å². The van der Waals surface area contributed by atoms with Crippen molar-refractivity contribution in [3.8, 4) is 0 Å². The van der Waals surface area contributed by atoms with Gasteiger partial charge in [-0.1, -0.05) is 72.8 Å². The van der Waals surface area contributed by atoms with Gasteiger partial charge in [0.2, 0.25) is 0 Å². The van der Waals surface area contributed by atoms with E-state index in [1.807, 2.05) is 36.4 Å². The van der Waals surface area contributed by atoms with Gasteiger partial charge in [-0.3, -0.25) is 0 Å². The van der Waals surface area contributed by atoms with Crippen LogP contribution in [-0.2, 0) is 36.9 Å². The van der Waals surface area contributed by atoms with Gasteiger partial charge in [-0.25, -0.2) is 0 Å². The van der Waals surface area contributed by atoms with Crippen molar-refractivity contribution in [1.29, 1.82) is 0 Å². The standard InChI is InChI=1S/C30H38O5/c1-30-18-9-19-32-29(30)15-8-14-26-27(35-30)17-16-25(33-21-24-12-6-3-7-13-24)28(34-26)22-31-20-23-10-4-2-5-11-23/h2-8,10-13,15,25-29H,9,14,16-22H2,1H3/b15-8-/t25-,26-,27+,28+,29+,30-/m0/s1. The minimum atomic E-state index is -0.314. The molecule has 2 saturated heterocycles. The van der Waals surface area contributed by atoms with E-state index in [-0.39, 0.29) is 36.1 Å². The van der Waals surface area contributed by atoms with Crippen LogP contribution in [-0.4, -0.2) is 49.3 Å². The van der Waals surface area contributed by atoms with Crippen molar-refractivity contribution in [2.75, 3.05) is 13.2 Å². The molecule has 2 aromatic carbocycles. The van der Waals surface area contributed by atoms with Crippen LogP contribution in [0.25, 0.3) is 0 Å². The summed E-state index contributed by atoms with van der Waals surface area (Å²) >= 11 is 0. The number of hydrogen-bond acceptors (Lipinski definition) is 5. The second kappa shape index (κ2) is 11.8. The van der Waals surface area contributed by atoms with Crippen LogP contribution in [0, 0.1) is 0 Å². The number of rotatable bonds is 7. The molecule has 0 saturated carbocycles. The highest BCUT2D eigenvalue weighted by molar-refractivity contribution is 5.14. The summed E-state index contributed by atoms with van der Waals surface area (Å²) in [6.45, 7) is 4.61. The normalized spacial score (nSPS) is 34.0. The molecule has 5 heteroatoms. The van der Waals surface area contributed by atoms with Gasteiger partial charge >= 0.3 is 0 Å². The minimum Gasteiger partial charge on any atom is -0.374 e. The predicted octanol–water partition coefficient (Wildman–Crippen LogP) is 5.62. The molecule has 0 spiro atoms. The molecule has 5 nitrogen and oxygen atoms in total. The Morgan fingerprint density at radius 1 is 0.914 bits per heavy atom. The van der Waals surface area contributed by atoms with E-state index >= 15 is 0 Å². The van der Waals surface area contributed by atoms with Crippen LogP contribution in [0.1, 0.15) is 50.2 Å². The number of fused-ring (bicyclic) bond motifs is 2. The van der Waals surface area contributed by atoms with Crippen LogP contribution >= 0.6 is 0 Å². The van der Waals surface area contributed by atoms with Crippen molar-refractivity contribution in [2.45, 2.75) is 88.4 Å². The highest BCUT2D eigenvalue weighted by Crippen LogP contribution is 2.37. The predicted molar refractivity (Wildman–Crippen MR) is 135 cm³/mol. The van der Waals surface area contributed by atoms with Gasteiger partial charge < -0.3 is 23.7 Å². The third-order valence-electron chi connectivity index (χ3n) is 7.43. The van der Waals surface area contributed by atoms with Crippen LogP contribution in [0.5, 0.6) is 0 Å². The lowest BCUT2D eigenvalue weighted by Gasteiger charge is -2.44. The molecule has 0 bridgehead atoms. The fraction of sp³-hybridized carbons (Fsp3) is 0.533. The molecule has 0 unspecified atom stereocenters. The van der Waals surface area contributed by atoms with Crippen molar-refractivity contribution in [1.82, 2.24) is 0 Å². The maximum atomic E-state index is 6.80. The molecule has 35 heavy (non-hydrogen) atoms. The van der Waals surface area contributed by atoms with Gasteiger partial charge in [-0.15, -0.1) is 0 Å². The van der Waals surface area contributed by atoms with E-state index in [0.29, 0.717) is 19.8 Å². The molecule has 3 heterocycles. The summed E-state index contributed by atoms with van der Waals surface area (Å²) in [5, 5.41) is 0. The Morgan fingerprint density at radius 2 is 1.66 bits per heavy atom. The Kier molecular flexibility index (Phi) is 8.32. The van der Waals surface area contributed by atoms with Crippen LogP contribution in [0.2, 0.25) is 0 Å². The third-order valence-corrected chi connectivity index (χ3v) is 7.43. The summed E-state index contributed by atoms with van der Waals surface area (Å²) in [5.41, 5.74) is 2.01. The first-order valence-corrected chi connectivity index (χ1v) is 13.1. The maximum Gasteiger partial charge on any atom is 0.107 e. The van der Waals surface area contributed by atoms with Crippen LogP contribution in [0.4, 0.5) is 0 Å². The summed E-state index contributed by atoms with van der Waals surface area (Å²) in [7, 11) is 0. The first-order chi connectivity index (χ1) is 17.2. The number of ether oxygens (including phenoxy) is 5. The van der Waals surface area contributed by atoms with Gasteiger partial charge in [0.25, 0.3) is 0 Å². The molecule has 0 radical (unpaired) electrons. The zero-order valence-corrected chi connectivity index (χ0v) is 20.7. The monoisotopic (exact) mass is 478 g/mol.